The fourth-order valence-electron chi connectivity index (χ4n) is 4.06. The molecule has 1 aliphatic heterocycles. The first-order valence-electron chi connectivity index (χ1n) is 9.46. The van der Waals surface area contributed by atoms with Crippen molar-refractivity contribution < 1.29 is 9.53 Å². The summed E-state index contributed by atoms with van der Waals surface area (Å²) in [7, 11) is 1.68. The van der Waals surface area contributed by atoms with E-state index in [-0.39, 0.29) is 17.5 Å². The third-order valence-corrected chi connectivity index (χ3v) is 5.81. The SMILES string of the molecule is COc1cccc(C2CCCN2C(=O)NCC2(c3ccccc3)CC2)c1. The summed E-state index contributed by atoms with van der Waals surface area (Å²) in [6, 6.07) is 18.8. The van der Waals surface area contributed by atoms with Crippen LogP contribution in [-0.4, -0.2) is 31.1 Å². The Hall–Kier alpha value is -2.49. The van der Waals surface area contributed by atoms with Crippen molar-refractivity contribution in [2.75, 3.05) is 20.2 Å². The van der Waals surface area contributed by atoms with Gasteiger partial charge in [0.1, 0.15) is 5.75 Å². The molecule has 2 fully saturated rings. The summed E-state index contributed by atoms with van der Waals surface area (Å²) >= 11 is 0. The Morgan fingerprint density at radius 1 is 1.19 bits per heavy atom. The first-order chi connectivity index (χ1) is 12.7. The van der Waals surface area contributed by atoms with Crippen LogP contribution in [0.5, 0.6) is 5.75 Å². The Morgan fingerprint density at radius 2 is 2.00 bits per heavy atom. The van der Waals surface area contributed by atoms with Gasteiger partial charge in [-0.25, -0.2) is 4.79 Å². The molecule has 1 saturated heterocycles. The number of nitrogens with zero attached hydrogens (tertiary/aromatic N) is 1. The van der Waals surface area contributed by atoms with Crippen molar-refractivity contribution in [1.29, 1.82) is 0 Å². The smallest absolute Gasteiger partial charge is 0.317 e. The van der Waals surface area contributed by atoms with Gasteiger partial charge in [0.25, 0.3) is 0 Å². The summed E-state index contributed by atoms with van der Waals surface area (Å²) < 4.78 is 5.34. The van der Waals surface area contributed by atoms with Gasteiger partial charge in [-0.3, -0.25) is 0 Å². The van der Waals surface area contributed by atoms with Crippen molar-refractivity contribution >= 4 is 6.03 Å². The molecule has 1 heterocycles. The largest absolute Gasteiger partial charge is 0.497 e. The molecule has 136 valence electrons. The third-order valence-electron chi connectivity index (χ3n) is 5.81. The van der Waals surface area contributed by atoms with Crippen LogP contribution in [0.25, 0.3) is 0 Å². The highest BCUT2D eigenvalue weighted by molar-refractivity contribution is 5.75. The minimum absolute atomic E-state index is 0.0533. The molecule has 0 radical (unpaired) electrons. The molecule has 0 aromatic heterocycles. The topological polar surface area (TPSA) is 41.6 Å². The van der Waals surface area contributed by atoms with E-state index in [0.29, 0.717) is 0 Å². The fourth-order valence-corrected chi connectivity index (χ4v) is 4.06. The molecule has 1 N–H and O–H groups in total. The second-order valence-electron chi connectivity index (χ2n) is 7.43. The lowest BCUT2D eigenvalue weighted by Gasteiger charge is -2.27. The highest BCUT2D eigenvalue weighted by Gasteiger charge is 2.44. The van der Waals surface area contributed by atoms with E-state index in [0.717, 1.165) is 50.1 Å². The number of carbonyl (C=O) groups excluding carboxylic acids is 1. The van der Waals surface area contributed by atoms with Gasteiger partial charge >= 0.3 is 6.03 Å². The normalized spacial score (nSPS) is 20.7. The zero-order valence-corrected chi connectivity index (χ0v) is 15.3. The van der Waals surface area contributed by atoms with Crippen LogP contribution >= 0.6 is 0 Å². The van der Waals surface area contributed by atoms with Crippen LogP contribution < -0.4 is 10.1 Å². The monoisotopic (exact) mass is 350 g/mol. The van der Waals surface area contributed by atoms with Crippen LogP contribution in [0.4, 0.5) is 4.79 Å². The highest BCUT2D eigenvalue weighted by atomic mass is 16.5. The number of methoxy groups -OCH3 is 1. The van der Waals surface area contributed by atoms with Crippen LogP contribution in [0.3, 0.4) is 0 Å². The lowest BCUT2D eigenvalue weighted by Crippen LogP contribution is -2.42. The molecule has 2 aromatic carbocycles. The number of likely N-dealkylation sites (tertiary alicyclic amines) is 1. The standard InChI is InChI=1S/C22H26N2O2/c1-26-19-10-5-7-17(15-19)20-11-6-14-24(20)21(25)23-16-22(12-13-22)18-8-3-2-4-9-18/h2-5,7-10,15,20H,6,11-14,16H2,1H3,(H,23,25). The number of ether oxygens (including phenoxy) is 1. The molecule has 1 saturated carbocycles. The van der Waals surface area contributed by atoms with E-state index in [1.165, 1.54) is 5.56 Å². The van der Waals surface area contributed by atoms with Crippen molar-refractivity contribution in [3.63, 3.8) is 0 Å². The summed E-state index contributed by atoms with van der Waals surface area (Å²) in [5, 5.41) is 3.21. The fraction of sp³-hybridized carbons (Fsp3) is 0.409. The molecule has 0 bridgehead atoms. The van der Waals surface area contributed by atoms with E-state index in [1.807, 2.05) is 29.2 Å². The summed E-state index contributed by atoms with van der Waals surface area (Å²) in [5.74, 6) is 0.843. The van der Waals surface area contributed by atoms with Crippen molar-refractivity contribution in [3.8, 4) is 5.75 Å². The molecular weight excluding hydrogens is 324 g/mol. The molecule has 4 nitrogen and oxygen atoms in total. The Labute approximate surface area is 155 Å². The summed E-state index contributed by atoms with van der Waals surface area (Å²) in [6.45, 7) is 1.53. The maximum atomic E-state index is 12.9. The molecular formula is C22H26N2O2. The zero-order valence-electron chi connectivity index (χ0n) is 15.3. The number of nitrogens with one attached hydrogen (secondary N) is 1. The number of carbonyl (C=O) groups is 1. The summed E-state index contributed by atoms with van der Waals surface area (Å²) in [4.78, 5) is 14.9. The number of rotatable bonds is 5. The minimum Gasteiger partial charge on any atom is -0.497 e. The van der Waals surface area contributed by atoms with Crippen molar-refractivity contribution in [2.45, 2.75) is 37.1 Å². The minimum atomic E-state index is 0.0533. The molecule has 2 amide bonds. The lowest BCUT2D eigenvalue weighted by atomic mass is 9.96. The Balaban J connectivity index is 1.43. The molecule has 1 unspecified atom stereocenters. The highest BCUT2D eigenvalue weighted by Crippen LogP contribution is 2.47. The number of hydrogen-bond donors (Lipinski definition) is 1. The number of benzene rings is 2. The molecule has 1 aliphatic carbocycles. The maximum absolute atomic E-state index is 12.9. The van der Waals surface area contributed by atoms with Gasteiger partial charge in [-0.1, -0.05) is 42.5 Å². The summed E-state index contributed by atoms with van der Waals surface area (Å²) in [5.41, 5.74) is 2.63. The van der Waals surface area contributed by atoms with E-state index in [9.17, 15) is 4.79 Å². The quantitative estimate of drug-likeness (QED) is 0.875. The Morgan fingerprint density at radius 3 is 2.73 bits per heavy atom. The van der Waals surface area contributed by atoms with E-state index in [1.54, 1.807) is 7.11 Å². The van der Waals surface area contributed by atoms with Gasteiger partial charge in [-0.2, -0.15) is 0 Å². The Bertz CT molecular complexity index is 771. The molecule has 0 spiro atoms. The molecule has 1 atom stereocenters. The zero-order chi connectivity index (χ0) is 18.0. The third kappa shape index (κ3) is 3.28. The Kier molecular flexibility index (Phi) is 4.58. The molecule has 2 aliphatic rings. The lowest BCUT2D eigenvalue weighted by molar-refractivity contribution is 0.192. The van der Waals surface area contributed by atoms with Gasteiger partial charge in [-0.15, -0.1) is 0 Å². The van der Waals surface area contributed by atoms with Gasteiger partial charge in [-0.05, 0) is 48.9 Å². The van der Waals surface area contributed by atoms with E-state index < -0.39 is 0 Å². The first kappa shape index (κ1) is 17.0. The van der Waals surface area contributed by atoms with E-state index >= 15 is 0 Å². The maximum Gasteiger partial charge on any atom is 0.317 e. The molecule has 4 heteroatoms. The van der Waals surface area contributed by atoms with E-state index in [2.05, 4.69) is 35.6 Å². The van der Waals surface area contributed by atoms with Crippen LogP contribution in [-0.2, 0) is 5.41 Å². The second kappa shape index (κ2) is 7.02. The first-order valence-corrected chi connectivity index (χ1v) is 9.46. The van der Waals surface area contributed by atoms with Crippen LogP contribution in [0.15, 0.2) is 54.6 Å². The average molecular weight is 350 g/mol. The summed E-state index contributed by atoms with van der Waals surface area (Å²) in [6.07, 6.45) is 4.34. The van der Waals surface area contributed by atoms with Crippen molar-refractivity contribution in [2.24, 2.45) is 0 Å². The van der Waals surface area contributed by atoms with Crippen molar-refractivity contribution in [3.05, 3.63) is 65.7 Å². The predicted molar refractivity (Wildman–Crippen MR) is 102 cm³/mol. The van der Waals surface area contributed by atoms with Gasteiger partial charge in [0.05, 0.1) is 13.2 Å². The van der Waals surface area contributed by atoms with Gasteiger partial charge < -0.3 is 15.0 Å². The van der Waals surface area contributed by atoms with Crippen LogP contribution in [0, 0.1) is 0 Å². The van der Waals surface area contributed by atoms with Crippen LogP contribution in [0.2, 0.25) is 0 Å². The van der Waals surface area contributed by atoms with Gasteiger partial charge in [0.15, 0.2) is 0 Å². The predicted octanol–water partition coefficient (Wildman–Crippen LogP) is 4.27. The number of hydrogen-bond acceptors (Lipinski definition) is 2. The second-order valence-corrected chi connectivity index (χ2v) is 7.43. The van der Waals surface area contributed by atoms with Gasteiger partial charge in [0, 0.05) is 18.5 Å². The van der Waals surface area contributed by atoms with E-state index in [4.69, 9.17) is 4.74 Å². The van der Waals surface area contributed by atoms with Crippen molar-refractivity contribution in [1.82, 2.24) is 10.2 Å². The molecule has 2 aromatic rings. The molecule has 26 heavy (non-hydrogen) atoms. The average Bonchev–Trinajstić information content (AvgIpc) is 3.33. The number of urea groups is 1. The number of amides is 2. The van der Waals surface area contributed by atoms with Gasteiger partial charge in [0.2, 0.25) is 0 Å². The molecule has 4 rings (SSSR count). The van der Waals surface area contributed by atoms with Crippen LogP contribution in [0.1, 0.15) is 42.9 Å².